The van der Waals surface area contributed by atoms with Gasteiger partial charge < -0.3 is 15.2 Å². The van der Waals surface area contributed by atoms with E-state index in [1.165, 1.54) is 19.3 Å². The summed E-state index contributed by atoms with van der Waals surface area (Å²) in [7, 11) is 0. The molecule has 0 radical (unpaired) electrons. The van der Waals surface area contributed by atoms with Crippen molar-refractivity contribution in [2.75, 3.05) is 13.2 Å². The summed E-state index contributed by atoms with van der Waals surface area (Å²) in [5.74, 6) is 2.08. The molecule has 1 rings (SSSR count). The van der Waals surface area contributed by atoms with E-state index in [0.29, 0.717) is 23.3 Å². The van der Waals surface area contributed by atoms with Gasteiger partial charge in [0.1, 0.15) is 4.99 Å². The second-order valence-corrected chi connectivity index (χ2v) is 5.63. The highest BCUT2D eigenvalue weighted by Crippen LogP contribution is 2.29. The molecule has 1 unspecified atom stereocenters. The van der Waals surface area contributed by atoms with Gasteiger partial charge >= 0.3 is 0 Å². The average Bonchev–Trinajstić information content (AvgIpc) is 2.48. The Bertz CT molecular complexity index is 448. The Balaban J connectivity index is 2.74. The summed E-state index contributed by atoms with van der Waals surface area (Å²) in [6.07, 6.45) is 4.82. The second-order valence-electron chi connectivity index (χ2n) is 5.19. The molecule has 1 aromatic rings. The Labute approximate surface area is 133 Å². The fourth-order valence-electron chi connectivity index (χ4n) is 2.15. The first-order chi connectivity index (χ1) is 10.1. The maximum Gasteiger partial charge on any atom is 0.161 e. The van der Waals surface area contributed by atoms with E-state index in [4.69, 9.17) is 27.4 Å². The van der Waals surface area contributed by atoms with E-state index in [0.717, 1.165) is 24.3 Å². The minimum absolute atomic E-state index is 0.372. The van der Waals surface area contributed by atoms with Crippen LogP contribution in [0.5, 0.6) is 11.5 Å². The molecule has 0 bridgehead atoms. The molecule has 0 heterocycles. The Kier molecular flexibility index (Phi) is 8.13. The van der Waals surface area contributed by atoms with Gasteiger partial charge in [0.2, 0.25) is 0 Å². The van der Waals surface area contributed by atoms with E-state index in [1.54, 1.807) is 0 Å². The van der Waals surface area contributed by atoms with Crippen molar-refractivity contribution in [3.63, 3.8) is 0 Å². The van der Waals surface area contributed by atoms with Crippen molar-refractivity contribution in [2.24, 2.45) is 11.7 Å². The maximum atomic E-state index is 5.97. The summed E-state index contributed by atoms with van der Waals surface area (Å²) in [6.45, 7) is 7.69. The van der Waals surface area contributed by atoms with Gasteiger partial charge in [0.25, 0.3) is 0 Å². The molecule has 21 heavy (non-hydrogen) atoms. The number of hydrogen-bond acceptors (Lipinski definition) is 3. The topological polar surface area (TPSA) is 44.5 Å². The Morgan fingerprint density at radius 3 is 2.52 bits per heavy atom. The van der Waals surface area contributed by atoms with Crippen LogP contribution in [0, 0.1) is 5.92 Å². The first kappa shape index (κ1) is 17.8. The van der Waals surface area contributed by atoms with Crippen LogP contribution in [-0.4, -0.2) is 18.2 Å². The van der Waals surface area contributed by atoms with Crippen molar-refractivity contribution >= 4 is 17.2 Å². The van der Waals surface area contributed by atoms with Crippen molar-refractivity contribution in [2.45, 2.75) is 46.5 Å². The molecular weight excluding hydrogens is 282 g/mol. The minimum Gasteiger partial charge on any atom is -0.490 e. The molecule has 0 aliphatic heterocycles. The summed E-state index contributed by atoms with van der Waals surface area (Å²) < 4.78 is 11.6. The van der Waals surface area contributed by atoms with E-state index in [2.05, 4.69) is 13.8 Å². The highest BCUT2D eigenvalue weighted by molar-refractivity contribution is 7.80. The van der Waals surface area contributed by atoms with Crippen LogP contribution in [0.1, 0.15) is 52.0 Å². The highest BCUT2D eigenvalue weighted by Gasteiger charge is 2.11. The molecule has 0 aliphatic rings. The van der Waals surface area contributed by atoms with Crippen LogP contribution in [-0.2, 0) is 0 Å². The predicted molar refractivity (Wildman–Crippen MR) is 92.3 cm³/mol. The minimum atomic E-state index is 0.372. The number of ether oxygens (including phenoxy) is 2. The zero-order valence-corrected chi connectivity index (χ0v) is 14.2. The van der Waals surface area contributed by atoms with Gasteiger partial charge in [0.15, 0.2) is 11.5 Å². The third kappa shape index (κ3) is 5.92. The number of hydrogen-bond donors (Lipinski definition) is 1. The lowest BCUT2D eigenvalue weighted by molar-refractivity contribution is 0.219. The fourth-order valence-corrected chi connectivity index (χ4v) is 2.28. The lowest BCUT2D eigenvalue weighted by Crippen LogP contribution is -2.13. The van der Waals surface area contributed by atoms with Crippen molar-refractivity contribution < 1.29 is 9.47 Å². The molecule has 0 aromatic heterocycles. The van der Waals surface area contributed by atoms with Gasteiger partial charge in [0, 0.05) is 5.56 Å². The summed E-state index contributed by atoms with van der Waals surface area (Å²) in [5.41, 5.74) is 6.47. The molecule has 0 amide bonds. The number of nitrogens with two attached hydrogens (primary N) is 1. The zero-order valence-electron chi connectivity index (χ0n) is 13.4. The molecule has 0 fully saturated rings. The number of rotatable bonds is 10. The van der Waals surface area contributed by atoms with E-state index >= 15 is 0 Å². The molecule has 3 nitrogen and oxygen atoms in total. The molecule has 118 valence electrons. The van der Waals surface area contributed by atoms with E-state index in [9.17, 15) is 0 Å². The SMILES string of the molecule is CCCCC(CC)COc1ccc(C(N)=S)cc1OCC. The standard InChI is InChI=1S/C17H27NO2S/c1-4-7-8-13(5-2)12-20-15-10-9-14(17(18)21)11-16(15)19-6-3/h9-11,13H,4-8,12H2,1-3H3,(H2,18,21). The molecular formula is C17H27NO2S. The molecule has 1 atom stereocenters. The van der Waals surface area contributed by atoms with E-state index in [-0.39, 0.29) is 0 Å². The van der Waals surface area contributed by atoms with Crippen molar-refractivity contribution in [1.29, 1.82) is 0 Å². The van der Waals surface area contributed by atoms with Crippen LogP contribution in [0.3, 0.4) is 0 Å². The Morgan fingerprint density at radius 2 is 1.95 bits per heavy atom. The Hall–Kier alpha value is -1.29. The third-order valence-electron chi connectivity index (χ3n) is 3.55. The lowest BCUT2D eigenvalue weighted by atomic mass is 10.0. The number of thiocarbonyl (C=S) groups is 1. The molecule has 1 aromatic carbocycles. The Morgan fingerprint density at radius 1 is 1.19 bits per heavy atom. The monoisotopic (exact) mass is 309 g/mol. The summed E-state index contributed by atoms with van der Waals surface area (Å²) in [5, 5.41) is 0. The van der Waals surface area contributed by atoms with Gasteiger partial charge in [-0.05, 0) is 37.5 Å². The number of benzene rings is 1. The molecule has 0 aliphatic carbocycles. The first-order valence-corrected chi connectivity index (χ1v) is 8.22. The summed E-state index contributed by atoms with van der Waals surface area (Å²) in [4.78, 5) is 0.372. The molecule has 0 spiro atoms. The fraction of sp³-hybridized carbons (Fsp3) is 0.588. The third-order valence-corrected chi connectivity index (χ3v) is 3.78. The lowest BCUT2D eigenvalue weighted by Gasteiger charge is -2.18. The van der Waals surface area contributed by atoms with Gasteiger partial charge in [-0.2, -0.15) is 0 Å². The van der Waals surface area contributed by atoms with Gasteiger partial charge in [0.05, 0.1) is 13.2 Å². The van der Waals surface area contributed by atoms with Gasteiger partial charge in [-0.15, -0.1) is 0 Å². The molecule has 0 saturated carbocycles. The number of unbranched alkanes of at least 4 members (excludes halogenated alkanes) is 1. The normalized spacial score (nSPS) is 12.0. The highest BCUT2D eigenvalue weighted by atomic mass is 32.1. The van der Waals surface area contributed by atoms with E-state index < -0.39 is 0 Å². The largest absolute Gasteiger partial charge is 0.490 e. The van der Waals surface area contributed by atoms with Crippen LogP contribution in [0.2, 0.25) is 0 Å². The van der Waals surface area contributed by atoms with Crippen molar-refractivity contribution in [3.8, 4) is 11.5 Å². The van der Waals surface area contributed by atoms with Crippen LogP contribution in [0.25, 0.3) is 0 Å². The molecule has 4 heteroatoms. The van der Waals surface area contributed by atoms with Crippen LogP contribution in [0.15, 0.2) is 18.2 Å². The second kappa shape index (κ2) is 9.61. The van der Waals surface area contributed by atoms with Gasteiger partial charge in [-0.25, -0.2) is 0 Å². The first-order valence-electron chi connectivity index (χ1n) is 7.81. The van der Waals surface area contributed by atoms with Crippen LogP contribution >= 0.6 is 12.2 Å². The van der Waals surface area contributed by atoms with Gasteiger partial charge in [-0.3, -0.25) is 0 Å². The van der Waals surface area contributed by atoms with Crippen LogP contribution < -0.4 is 15.2 Å². The maximum absolute atomic E-state index is 5.97. The quantitative estimate of drug-likeness (QED) is 0.654. The predicted octanol–water partition coefficient (Wildman–Crippen LogP) is 4.31. The summed E-state index contributed by atoms with van der Waals surface area (Å²) in [6, 6.07) is 5.63. The zero-order chi connectivity index (χ0) is 15.7. The van der Waals surface area contributed by atoms with Crippen molar-refractivity contribution in [3.05, 3.63) is 23.8 Å². The molecule has 0 saturated heterocycles. The molecule has 2 N–H and O–H groups in total. The van der Waals surface area contributed by atoms with E-state index in [1.807, 2.05) is 25.1 Å². The smallest absolute Gasteiger partial charge is 0.161 e. The summed E-state index contributed by atoms with van der Waals surface area (Å²) >= 11 is 5.00. The van der Waals surface area contributed by atoms with Crippen molar-refractivity contribution in [1.82, 2.24) is 0 Å². The van der Waals surface area contributed by atoms with Crippen LogP contribution in [0.4, 0.5) is 0 Å². The average molecular weight is 309 g/mol. The van der Waals surface area contributed by atoms with Gasteiger partial charge in [-0.1, -0.05) is 45.3 Å².